The van der Waals surface area contributed by atoms with Gasteiger partial charge in [0, 0.05) is 33.2 Å². The molecule has 1 unspecified atom stereocenters. The predicted octanol–water partition coefficient (Wildman–Crippen LogP) is 2.16. The number of benzene rings is 1. The van der Waals surface area contributed by atoms with E-state index in [4.69, 9.17) is 0 Å². The lowest BCUT2D eigenvalue weighted by Crippen LogP contribution is -2.49. The van der Waals surface area contributed by atoms with Crippen LogP contribution in [-0.2, 0) is 11.2 Å². The molecule has 1 aliphatic carbocycles. The van der Waals surface area contributed by atoms with Gasteiger partial charge in [0.15, 0.2) is 0 Å². The van der Waals surface area contributed by atoms with E-state index in [-0.39, 0.29) is 11.9 Å². The Labute approximate surface area is 140 Å². The van der Waals surface area contributed by atoms with Crippen molar-refractivity contribution in [1.82, 2.24) is 14.7 Å². The van der Waals surface area contributed by atoms with Crippen molar-refractivity contribution in [3.05, 3.63) is 35.4 Å². The molecule has 4 nitrogen and oxygen atoms in total. The molecule has 0 bridgehead atoms. The Morgan fingerprint density at radius 1 is 1.17 bits per heavy atom. The molecular weight excluding hydrogens is 286 g/mol. The molecule has 1 aliphatic heterocycles. The van der Waals surface area contributed by atoms with Gasteiger partial charge >= 0.3 is 0 Å². The van der Waals surface area contributed by atoms with Crippen LogP contribution >= 0.6 is 0 Å². The first-order valence-corrected chi connectivity index (χ1v) is 8.97. The topological polar surface area (TPSA) is 26.8 Å². The van der Waals surface area contributed by atoms with Gasteiger partial charge in [0.2, 0.25) is 5.91 Å². The highest BCUT2D eigenvalue weighted by Gasteiger charge is 2.27. The lowest BCUT2D eigenvalue weighted by Gasteiger charge is -2.37. The van der Waals surface area contributed by atoms with Gasteiger partial charge in [-0.05, 0) is 36.9 Å². The summed E-state index contributed by atoms with van der Waals surface area (Å²) in [5, 5.41) is 0. The Bertz CT molecular complexity index is 537. The second kappa shape index (κ2) is 7.45. The van der Waals surface area contributed by atoms with Crippen molar-refractivity contribution in [3.8, 4) is 0 Å². The predicted molar refractivity (Wildman–Crippen MR) is 93.4 cm³/mol. The molecule has 0 spiro atoms. The molecule has 4 heteroatoms. The van der Waals surface area contributed by atoms with Crippen LogP contribution in [0.5, 0.6) is 0 Å². The first-order chi connectivity index (χ1) is 11.2. The van der Waals surface area contributed by atoms with Gasteiger partial charge < -0.3 is 9.80 Å². The summed E-state index contributed by atoms with van der Waals surface area (Å²) in [5.41, 5.74) is 2.77. The first kappa shape index (κ1) is 16.5. The zero-order valence-electron chi connectivity index (χ0n) is 14.5. The number of carbonyl (C=O) groups is 1. The maximum atomic E-state index is 12.7. The van der Waals surface area contributed by atoms with E-state index in [1.54, 1.807) is 0 Å². The van der Waals surface area contributed by atoms with E-state index in [0.717, 1.165) is 45.6 Å². The van der Waals surface area contributed by atoms with E-state index in [9.17, 15) is 4.79 Å². The molecule has 23 heavy (non-hydrogen) atoms. The van der Waals surface area contributed by atoms with Gasteiger partial charge in [-0.2, -0.15) is 0 Å². The Hall–Kier alpha value is -1.39. The number of carbonyl (C=O) groups excluding carboxylic acids is 1. The van der Waals surface area contributed by atoms with Crippen LogP contribution in [-0.4, -0.2) is 66.9 Å². The molecule has 1 aromatic carbocycles. The van der Waals surface area contributed by atoms with Crippen molar-refractivity contribution >= 4 is 5.91 Å². The maximum absolute atomic E-state index is 12.7. The molecule has 0 N–H and O–H groups in total. The molecule has 0 aromatic heterocycles. The number of amides is 1. The average Bonchev–Trinajstić information content (AvgIpc) is 2.61. The van der Waals surface area contributed by atoms with Crippen molar-refractivity contribution in [2.45, 2.75) is 32.2 Å². The average molecular weight is 315 g/mol. The number of nitrogens with zero attached hydrogens (tertiary/aromatic N) is 3. The number of hydrogen-bond donors (Lipinski definition) is 0. The van der Waals surface area contributed by atoms with Crippen LogP contribution in [0.3, 0.4) is 0 Å². The van der Waals surface area contributed by atoms with Gasteiger partial charge in [-0.1, -0.05) is 31.2 Å². The third kappa shape index (κ3) is 3.75. The summed E-state index contributed by atoms with van der Waals surface area (Å²) in [6, 6.07) is 8.87. The SMILES string of the molecule is CCN1CCN(CC(=O)N(C)C2CCCc3ccccc32)CC1. The summed E-state index contributed by atoms with van der Waals surface area (Å²) in [4.78, 5) is 19.5. The van der Waals surface area contributed by atoms with Crippen LogP contribution in [0.2, 0.25) is 0 Å². The number of piperazine rings is 1. The number of aryl methyl sites for hydroxylation is 1. The quantitative estimate of drug-likeness (QED) is 0.852. The zero-order valence-corrected chi connectivity index (χ0v) is 14.5. The van der Waals surface area contributed by atoms with Crippen molar-refractivity contribution in [1.29, 1.82) is 0 Å². The minimum Gasteiger partial charge on any atom is -0.338 e. The van der Waals surface area contributed by atoms with Crippen LogP contribution in [0.1, 0.15) is 36.9 Å². The van der Waals surface area contributed by atoms with E-state index in [1.807, 2.05) is 11.9 Å². The van der Waals surface area contributed by atoms with Crippen LogP contribution in [0.4, 0.5) is 0 Å². The van der Waals surface area contributed by atoms with Gasteiger partial charge in [-0.25, -0.2) is 0 Å². The highest BCUT2D eigenvalue weighted by atomic mass is 16.2. The maximum Gasteiger partial charge on any atom is 0.237 e. The van der Waals surface area contributed by atoms with Gasteiger partial charge in [0.1, 0.15) is 0 Å². The minimum absolute atomic E-state index is 0.254. The van der Waals surface area contributed by atoms with Crippen LogP contribution in [0, 0.1) is 0 Å². The Kier molecular flexibility index (Phi) is 5.34. The molecule has 3 rings (SSSR count). The zero-order chi connectivity index (χ0) is 16.2. The van der Waals surface area contributed by atoms with Gasteiger partial charge in [0.25, 0.3) is 0 Å². The van der Waals surface area contributed by atoms with E-state index in [1.165, 1.54) is 17.5 Å². The fourth-order valence-electron chi connectivity index (χ4n) is 3.87. The molecule has 1 fully saturated rings. The second-order valence-corrected chi connectivity index (χ2v) is 6.82. The number of fused-ring (bicyclic) bond motifs is 1. The van der Waals surface area contributed by atoms with Crippen LogP contribution in [0.25, 0.3) is 0 Å². The van der Waals surface area contributed by atoms with Crippen molar-refractivity contribution in [2.24, 2.45) is 0 Å². The van der Waals surface area contributed by atoms with Gasteiger partial charge in [-0.15, -0.1) is 0 Å². The van der Waals surface area contributed by atoms with Crippen molar-refractivity contribution in [3.63, 3.8) is 0 Å². The Morgan fingerprint density at radius 2 is 1.87 bits per heavy atom. The summed E-state index contributed by atoms with van der Waals surface area (Å²) in [6.07, 6.45) is 3.41. The second-order valence-electron chi connectivity index (χ2n) is 6.82. The third-order valence-electron chi connectivity index (χ3n) is 5.47. The molecular formula is C19H29N3O. The van der Waals surface area contributed by atoms with Crippen LogP contribution in [0.15, 0.2) is 24.3 Å². The van der Waals surface area contributed by atoms with Crippen molar-refractivity contribution < 1.29 is 4.79 Å². The minimum atomic E-state index is 0.254. The Morgan fingerprint density at radius 3 is 2.61 bits per heavy atom. The molecule has 0 radical (unpaired) electrons. The summed E-state index contributed by atoms with van der Waals surface area (Å²) < 4.78 is 0. The Balaban J connectivity index is 1.60. The summed E-state index contributed by atoms with van der Waals surface area (Å²) >= 11 is 0. The number of hydrogen-bond acceptors (Lipinski definition) is 3. The summed E-state index contributed by atoms with van der Waals surface area (Å²) in [5.74, 6) is 0.261. The van der Waals surface area contributed by atoms with Gasteiger partial charge in [-0.3, -0.25) is 9.69 Å². The molecule has 1 atom stereocenters. The lowest BCUT2D eigenvalue weighted by molar-refractivity contribution is -0.134. The van der Waals surface area contributed by atoms with E-state index < -0.39 is 0 Å². The van der Waals surface area contributed by atoms with E-state index in [2.05, 4.69) is 41.0 Å². The molecule has 1 aromatic rings. The summed E-state index contributed by atoms with van der Waals surface area (Å²) in [6.45, 7) is 8.06. The lowest BCUT2D eigenvalue weighted by atomic mass is 9.87. The fraction of sp³-hybridized carbons (Fsp3) is 0.632. The molecule has 126 valence electrons. The molecule has 0 saturated carbocycles. The molecule has 1 saturated heterocycles. The van der Waals surface area contributed by atoms with E-state index in [0.29, 0.717) is 6.54 Å². The van der Waals surface area contributed by atoms with Gasteiger partial charge in [0.05, 0.1) is 12.6 Å². The van der Waals surface area contributed by atoms with E-state index >= 15 is 0 Å². The monoisotopic (exact) mass is 315 g/mol. The smallest absolute Gasteiger partial charge is 0.237 e. The normalized spacial score (nSPS) is 22.6. The molecule has 1 heterocycles. The third-order valence-corrected chi connectivity index (χ3v) is 5.47. The van der Waals surface area contributed by atoms with Crippen molar-refractivity contribution in [2.75, 3.05) is 46.3 Å². The standard InChI is InChI=1S/C19H29N3O/c1-3-21-11-13-22(14-12-21)15-19(23)20(2)18-10-6-8-16-7-4-5-9-17(16)18/h4-5,7,9,18H,3,6,8,10-15H2,1-2H3. The summed E-state index contributed by atoms with van der Waals surface area (Å²) in [7, 11) is 1.98. The number of likely N-dealkylation sites (N-methyl/N-ethyl adjacent to an activating group) is 2. The number of rotatable bonds is 4. The highest BCUT2D eigenvalue weighted by molar-refractivity contribution is 5.78. The molecule has 2 aliphatic rings. The fourth-order valence-corrected chi connectivity index (χ4v) is 3.87. The molecule has 1 amide bonds. The largest absolute Gasteiger partial charge is 0.338 e. The highest BCUT2D eigenvalue weighted by Crippen LogP contribution is 2.33. The first-order valence-electron chi connectivity index (χ1n) is 8.97. The van der Waals surface area contributed by atoms with Crippen LogP contribution < -0.4 is 0 Å².